The number of hydrogen-bond donors (Lipinski definition) is 0. The summed E-state index contributed by atoms with van der Waals surface area (Å²) in [6, 6.07) is 40.6. The van der Waals surface area contributed by atoms with Crippen molar-refractivity contribution in [2.45, 2.75) is 206 Å². The van der Waals surface area contributed by atoms with Gasteiger partial charge in [0, 0.05) is 43.2 Å². The Balaban J connectivity index is 1.15. The molecule has 6 aliphatic rings. The molecule has 7 aromatic rings. The van der Waals surface area contributed by atoms with Crippen LogP contribution in [0.5, 0.6) is 0 Å². The topological polar surface area (TPSA) is 6.48 Å². The van der Waals surface area contributed by atoms with Gasteiger partial charge in [0.1, 0.15) is 0 Å². The Hall–Kier alpha value is -5.06. The number of thiophene rings is 1. The zero-order valence-electron chi connectivity index (χ0n) is 48.1. The van der Waals surface area contributed by atoms with Crippen LogP contribution in [0.15, 0.2) is 97.1 Å². The smallest absolute Gasteiger partial charge is 0.264 e. The van der Waals surface area contributed by atoms with E-state index in [0.29, 0.717) is 0 Å². The summed E-state index contributed by atoms with van der Waals surface area (Å²) in [5.41, 5.74) is 27.5. The third-order valence-corrected chi connectivity index (χ3v) is 21.7. The molecule has 0 saturated heterocycles. The van der Waals surface area contributed by atoms with Crippen molar-refractivity contribution in [2.75, 3.05) is 9.80 Å². The van der Waals surface area contributed by atoms with Crippen molar-refractivity contribution in [1.29, 1.82) is 0 Å². The van der Waals surface area contributed by atoms with Crippen molar-refractivity contribution in [3.05, 3.63) is 147 Å². The highest BCUT2D eigenvalue weighted by Gasteiger charge is 2.54. The second kappa shape index (κ2) is 15.1. The standard InChI is InChI=1S/C70H81BN2S/c1-41-34-55-60-56(35-41)73(54-27-25-48-59(68(14,15)31-30-66(48,10)11)58(54)42-18-20-43(21-19-42)63(2,3)4)53-26-22-44(64(5,6)7)36-52(53)71(60)62-61(46-38-50-51(39-57(46)74-62)70(17)33-32-69(50,16)40-70)72(55)45-23-24-47-49(37-45)67(12,13)29-28-65(47,8)9/h18-27,34-39H,28-33,40H2,1-17H3. The van der Waals surface area contributed by atoms with Crippen LogP contribution >= 0.6 is 11.3 Å². The van der Waals surface area contributed by atoms with Crippen LogP contribution in [0.1, 0.15) is 206 Å². The molecule has 0 N–H and O–H groups in total. The maximum absolute atomic E-state index is 2.78. The first-order valence-electron chi connectivity index (χ1n) is 28.5. The number of hydrogen-bond acceptors (Lipinski definition) is 3. The SMILES string of the molecule is Cc1cc2c3c(c1)N(c1ccc4c(c1)C(C)(C)CCC4(C)C)c1c(sc4cc5c(cc14)C1(C)CCC5(C)C1)B3c1cc(C(C)(C)C)ccc1N2c1ccc2c(c1-c1ccc(C(C)(C)C)cc1)C(C)(C)CCC2(C)C. The zero-order valence-corrected chi connectivity index (χ0v) is 48.9. The molecule has 1 aromatic heterocycles. The largest absolute Gasteiger partial charge is 0.311 e. The summed E-state index contributed by atoms with van der Waals surface area (Å²) in [6.07, 6.45) is 8.55. The maximum atomic E-state index is 2.78. The molecular formula is C70H81BN2S. The molecule has 1 fully saturated rings. The Bertz CT molecular complexity index is 3570. The fourth-order valence-corrected chi connectivity index (χ4v) is 17.1. The van der Waals surface area contributed by atoms with Gasteiger partial charge in [0.25, 0.3) is 6.71 Å². The van der Waals surface area contributed by atoms with E-state index in [1.54, 1.807) is 11.1 Å². The van der Waals surface area contributed by atoms with E-state index < -0.39 is 0 Å². The lowest BCUT2D eigenvalue weighted by Crippen LogP contribution is -2.60. The molecule has 2 bridgehead atoms. The van der Waals surface area contributed by atoms with E-state index in [4.69, 9.17) is 0 Å². The quantitative estimate of drug-likeness (QED) is 0.163. The molecule has 0 amide bonds. The molecule has 4 aliphatic carbocycles. The lowest BCUT2D eigenvalue weighted by Gasteiger charge is -2.47. The van der Waals surface area contributed by atoms with Crippen LogP contribution in [-0.4, -0.2) is 6.71 Å². The molecule has 6 aromatic carbocycles. The Labute approximate surface area is 449 Å². The average Bonchev–Trinajstić information content (AvgIpc) is 3.94. The first kappa shape index (κ1) is 48.6. The molecule has 13 rings (SSSR count). The fourth-order valence-electron chi connectivity index (χ4n) is 15.8. The minimum absolute atomic E-state index is 0.0202. The second-order valence-corrected chi connectivity index (χ2v) is 30.9. The summed E-state index contributed by atoms with van der Waals surface area (Å²) in [5, 5.41) is 1.43. The first-order chi connectivity index (χ1) is 34.5. The number of rotatable bonds is 3. The molecule has 2 unspecified atom stereocenters. The van der Waals surface area contributed by atoms with Crippen molar-refractivity contribution >= 4 is 78.0 Å². The average molecular weight is 993 g/mol. The molecular weight excluding hydrogens is 912 g/mol. The van der Waals surface area contributed by atoms with Gasteiger partial charge in [-0.05, 0) is 210 Å². The molecule has 2 nitrogen and oxygen atoms in total. The minimum atomic E-state index is -0.0317. The third kappa shape index (κ3) is 6.80. The molecule has 4 heteroatoms. The van der Waals surface area contributed by atoms with E-state index >= 15 is 0 Å². The highest BCUT2D eigenvalue weighted by molar-refractivity contribution is 7.33. The van der Waals surface area contributed by atoms with Crippen LogP contribution in [0.2, 0.25) is 0 Å². The first-order valence-corrected chi connectivity index (χ1v) is 29.3. The summed E-state index contributed by atoms with van der Waals surface area (Å²) in [7, 11) is 0. The number of aryl methyl sites for hydroxylation is 1. The van der Waals surface area contributed by atoms with Gasteiger partial charge in [-0.3, -0.25) is 0 Å². The number of benzene rings is 6. The lowest BCUT2D eigenvalue weighted by molar-refractivity contribution is 0.332. The van der Waals surface area contributed by atoms with Crippen LogP contribution in [-0.2, 0) is 43.3 Å². The summed E-state index contributed by atoms with van der Waals surface area (Å²) in [4.78, 5) is 5.53. The van der Waals surface area contributed by atoms with Gasteiger partial charge in [0.15, 0.2) is 0 Å². The van der Waals surface area contributed by atoms with Crippen LogP contribution in [0, 0.1) is 6.92 Å². The molecule has 3 heterocycles. The lowest BCUT2D eigenvalue weighted by atomic mass is 9.36. The number of fused-ring (bicyclic) bond motifs is 13. The van der Waals surface area contributed by atoms with E-state index in [0.717, 1.165) is 6.42 Å². The highest BCUT2D eigenvalue weighted by atomic mass is 32.1. The van der Waals surface area contributed by atoms with Crippen molar-refractivity contribution in [2.24, 2.45) is 0 Å². The van der Waals surface area contributed by atoms with Crippen LogP contribution in [0.4, 0.5) is 34.1 Å². The summed E-state index contributed by atoms with van der Waals surface area (Å²) < 4.78 is 2.93. The maximum Gasteiger partial charge on any atom is 0.264 e. The summed E-state index contributed by atoms with van der Waals surface area (Å²) in [5.74, 6) is 0. The molecule has 74 heavy (non-hydrogen) atoms. The monoisotopic (exact) mass is 993 g/mol. The predicted molar refractivity (Wildman–Crippen MR) is 323 cm³/mol. The van der Waals surface area contributed by atoms with Crippen LogP contribution in [0.25, 0.3) is 21.2 Å². The van der Waals surface area contributed by atoms with Crippen LogP contribution < -0.4 is 25.5 Å². The van der Waals surface area contributed by atoms with E-state index in [1.165, 1.54) is 149 Å². The van der Waals surface area contributed by atoms with Gasteiger partial charge >= 0.3 is 0 Å². The van der Waals surface area contributed by atoms with E-state index in [-0.39, 0.29) is 50.0 Å². The third-order valence-electron chi connectivity index (χ3n) is 20.5. The van der Waals surface area contributed by atoms with E-state index in [9.17, 15) is 0 Å². The number of anilines is 6. The Morgan fingerprint density at radius 3 is 1.69 bits per heavy atom. The van der Waals surface area contributed by atoms with Crippen molar-refractivity contribution in [3.8, 4) is 11.1 Å². The molecule has 0 spiro atoms. The Morgan fingerprint density at radius 2 is 1.04 bits per heavy atom. The number of nitrogens with zero attached hydrogens (tertiary/aromatic N) is 2. The van der Waals surface area contributed by atoms with Crippen molar-refractivity contribution < 1.29 is 0 Å². The normalized spacial score (nSPS) is 23.3. The molecule has 1 saturated carbocycles. The van der Waals surface area contributed by atoms with Gasteiger partial charge < -0.3 is 9.80 Å². The Kier molecular flexibility index (Phi) is 9.92. The van der Waals surface area contributed by atoms with E-state index in [1.807, 2.05) is 0 Å². The summed E-state index contributed by atoms with van der Waals surface area (Å²) >= 11 is 2.10. The Morgan fingerprint density at radius 1 is 0.486 bits per heavy atom. The fraction of sp³-hybridized carbons (Fsp3) is 0.457. The van der Waals surface area contributed by atoms with Gasteiger partial charge in [-0.2, -0.15) is 0 Å². The molecule has 2 aliphatic heterocycles. The van der Waals surface area contributed by atoms with Gasteiger partial charge in [0.05, 0.1) is 11.4 Å². The van der Waals surface area contributed by atoms with Gasteiger partial charge in [-0.15, -0.1) is 11.3 Å². The molecule has 380 valence electrons. The van der Waals surface area contributed by atoms with Crippen LogP contribution in [0.3, 0.4) is 0 Å². The summed E-state index contributed by atoms with van der Waals surface area (Å²) in [6.45, 7) is 41.7. The predicted octanol–water partition coefficient (Wildman–Crippen LogP) is 18.0. The van der Waals surface area contributed by atoms with Gasteiger partial charge in [0.2, 0.25) is 0 Å². The minimum Gasteiger partial charge on any atom is -0.311 e. The van der Waals surface area contributed by atoms with Gasteiger partial charge in [-0.1, -0.05) is 159 Å². The second-order valence-electron chi connectivity index (χ2n) is 29.8. The van der Waals surface area contributed by atoms with E-state index in [2.05, 4.69) is 236 Å². The van der Waals surface area contributed by atoms with Gasteiger partial charge in [-0.25, -0.2) is 0 Å². The van der Waals surface area contributed by atoms with Crippen molar-refractivity contribution in [3.63, 3.8) is 0 Å². The highest BCUT2D eigenvalue weighted by Crippen LogP contribution is 2.63. The zero-order chi connectivity index (χ0) is 52.4. The van der Waals surface area contributed by atoms with Crippen molar-refractivity contribution in [1.82, 2.24) is 0 Å². The molecule has 2 atom stereocenters. The molecule has 0 radical (unpaired) electrons.